The molecule has 23 heavy (non-hydrogen) atoms. The van der Waals surface area contributed by atoms with E-state index in [0.717, 1.165) is 38.3 Å². The zero-order valence-corrected chi connectivity index (χ0v) is 15.6. The molecule has 4 heteroatoms. The lowest BCUT2D eigenvalue weighted by molar-refractivity contribution is 0.0231. The number of nitrogens with zero attached hydrogens (tertiary/aromatic N) is 1. The third-order valence-electron chi connectivity index (χ3n) is 4.88. The molecule has 2 fully saturated rings. The Bertz CT molecular complexity index is 374. The van der Waals surface area contributed by atoms with E-state index in [9.17, 15) is 4.79 Å². The minimum atomic E-state index is -0.403. The molecule has 0 saturated heterocycles. The van der Waals surface area contributed by atoms with Crippen LogP contribution in [-0.2, 0) is 4.74 Å². The maximum atomic E-state index is 12.3. The van der Waals surface area contributed by atoms with Crippen LogP contribution >= 0.6 is 0 Å². The van der Waals surface area contributed by atoms with Crippen molar-refractivity contribution in [3.8, 4) is 0 Å². The van der Waals surface area contributed by atoms with Crippen LogP contribution in [0.25, 0.3) is 0 Å². The molecule has 2 aliphatic rings. The molecule has 1 N–H and O–H groups in total. The molecule has 0 heterocycles. The quantitative estimate of drug-likeness (QED) is 0.584. The summed E-state index contributed by atoms with van der Waals surface area (Å²) in [6, 6.07) is 1.10. The first-order valence-corrected chi connectivity index (χ1v) is 9.58. The molecule has 0 spiro atoms. The molecule has 2 saturated carbocycles. The van der Waals surface area contributed by atoms with Gasteiger partial charge in [-0.25, -0.2) is 4.79 Å². The van der Waals surface area contributed by atoms with Crippen molar-refractivity contribution in [2.24, 2.45) is 5.92 Å². The monoisotopic (exact) mass is 324 g/mol. The molecule has 134 valence electrons. The van der Waals surface area contributed by atoms with Crippen LogP contribution in [0.5, 0.6) is 0 Å². The Kier molecular flexibility index (Phi) is 6.75. The van der Waals surface area contributed by atoms with E-state index in [1.807, 2.05) is 25.7 Å². The summed E-state index contributed by atoms with van der Waals surface area (Å²) >= 11 is 0. The first kappa shape index (κ1) is 18.6. The van der Waals surface area contributed by atoms with Gasteiger partial charge < -0.3 is 15.0 Å². The maximum Gasteiger partial charge on any atom is 0.410 e. The van der Waals surface area contributed by atoms with Gasteiger partial charge in [-0.15, -0.1) is 0 Å². The summed E-state index contributed by atoms with van der Waals surface area (Å²) in [7, 11) is 0. The number of rotatable bonds is 6. The lowest BCUT2D eigenvalue weighted by Gasteiger charge is -2.27. The number of amides is 1. The largest absolute Gasteiger partial charge is 0.444 e. The van der Waals surface area contributed by atoms with Gasteiger partial charge >= 0.3 is 6.09 Å². The van der Waals surface area contributed by atoms with Crippen molar-refractivity contribution in [1.82, 2.24) is 10.2 Å². The summed E-state index contributed by atoms with van der Waals surface area (Å²) in [6.45, 7) is 10.00. The maximum absolute atomic E-state index is 12.3. The number of carbonyl (C=O) groups is 1. The topological polar surface area (TPSA) is 41.6 Å². The minimum absolute atomic E-state index is 0.136. The summed E-state index contributed by atoms with van der Waals surface area (Å²) in [5.74, 6) is 0.888. The predicted octanol–water partition coefficient (Wildman–Crippen LogP) is 4.33. The van der Waals surface area contributed by atoms with E-state index in [1.54, 1.807) is 0 Å². The summed E-state index contributed by atoms with van der Waals surface area (Å²) in [6.07, 6.45) is 9.84. The third kappa shape index (κ3) is 7.11. The molecule has 0 bridgehead atoms. The zero-order chi connectivity index (χ0) is 16.9. The number of hydrogen-bond donors (Lipinski definition) is 1. The van der Waals surface area contributed by atoms with Gasteiger partial charge in [0.1, 0.15) is 5.60 Å². The first-order valence-electron chi connectivity index (χ1n) is 9.58. The van der Waals surface area contributed by atoms with Gasteiger partial charge in [-0.05, 0) is 71.8 Å². The normalized spacial score (nSPS) is 25.7. The predicted molar refractivity (Wildman–Crippen MR) is 94.6 cm³/mol. The van der Waals surface area contributed by atoms with E-state index in [1.165, 1.54) is 32.1 Å². The van der Waals surface area contributed by atoms with Crippen LogP contribution < -0.4 is 5.32 Å². The molecule has 2 aliphatic carbocycles. The van der Waals surface area contributed by atoms with Crippen LogP contribution in [0.15, 0.2) is 0 Å². The summed E-state index contributed by atoms with van der Waals surface area (Å²) < 4.78 is 5.54. The molecular formula is C19H36N2O2. The minimum Gasteiger partial charge on any atom is -0.444 e. The van der Waals surface area contributed by atoms with Gasteiger partial charge in [0.25, 0.3) is 0 Å². The molecule has 2 unspecified atom stereocenters. The summed E-state index contributed by atoms with van der Waals surface area (Å²) in [5.41, 5.74) is -0.403. The smallest absolute Gasteiger partial charge is 0.410 e. The second-order valence-corrected chi connectivity index (χ2v) is 8.52. The molecule has 0 radical (unpaired) electrons. The first-order chi connectivity index (χ1) is 10.8. The number of hydrogen-bond acceptors (Lipinski definition) is 3. The lowest BCUT2D eigenvalue weighted by atomic mass is 10.0. The van der Waals surface area contributed by atoms with Crippen LogP contribution in [0.1, 0.15) is 79.1 Å². The molecule has 2 rings (SSSR count). The van der Waals surface area contributed by atoms with Gasteiger partial charge in [-0.2, -0.15) is 0 Å². The van der Waals surface area contributed by atoms with E-state index in [2.05, 4.69) is 12.2 Å². The fraction of sp³-hybridized carbons (Fsp3) is 0.947. The fourth-order valence-electron chi connectivity index (χ4n) is 3.38. The number of ether oxygens (including phenoxy) is 1. The SMILES string of the molecule is CC1CCCC(NCCCN(C(=O)OC(C)(C)C)C2CC2)CC1. The standard InChI is InChI=1S/C19H36N2O2/c1-15-7-5-8-16(10-9-15)20-13-6-14-21(17-11-12-17)18(22)23-19(2,3)4/h15-17,20H,5-14H2,1-4H3. The highest BCUT2D eigenvalue weighted by molar-refractivity contribution is 5.69. The van der Waals surface area contributed by atoms with Crippen molar-refractivity contribution >= 4 is 6.09 Å². The highest BCUT2D eigenvalue weighted by atomic mass is 16.6. The van der Waals surface area contributed by atoms with Crippen molar-refractivity contribution in [2.75, 3.05) is 13.1 Å². The van der Waals surface area contributed by atoms with Crippen molar-refractivity contribution in [3.63, 3.8) is 0 Å². The van der Waals surface area contributed by atoms with Crippen molar-refractivity contribution in [3.05, 3.63) is 0 Å². The molecule has 0 aromatic carbocycles. The van der Waals surface area contributed by atoms with Crippen LogP contribution in [0, 0.1) is 5.92 Å². The highest BCUT2D eigenvalue weighted by Gasteiger charge is 2.34. The Labute approximate surface area is 142 Å². The average Bonchev–Trinajstić information content (AvgIpc) is 3.26. The summed E-state index contributed by atoms with van der Waals surface area (Å²) in [5, 5.41) is 3.71. The lowest BCUT2D eigenvalue weighted by Crippen LogP contribution is -2.40. The van der Waals surface area contributed by atoms with Crippen molar-refractivity contribution in [2.45, 2.75) is 96.7 Å². The van der Waals surface area contributed by atoms with Gasteiger partial charge in [0.05, 0.1) is 0 Å². The Hall–Kier alpha value is -0.770. The van der Waals surface area contributed by atoms with Crippen LogP contribution in [0.3, 0.4) is 0 Å². The van der Waals surface area contributed by atoms with Gasteiger partial charge in [-0.3, -0.25) is 0 Å². The van der Waals surface area contributed by atoms with Crippen molar-refractivity contribution < 1.29 is 9.53 Å². The van der Waals surface area contributed by atoms with Crippen LogP contribution in [-0.4, -0.2) is 41.8 Å². The van der Waals surface area contributed by atoms with E-state index in [-0.39, 0.29) is 6.09 Å². The van der Waals surface area contributed by atoms with E-state index >= 15 is 0 Å². The van der Waals surface area contributed by atoms with Gasteiger partial charge in [0, 0.05) is 18.6 Å². The molecule has 0 aromatic heterocycles. The molecule has 4 nitrogen and oxygen atoms in total. The van der Waals surface area contributed by atoms with Gasteiger partial charge in [0.2, 0.25) is 0 Å². The van der Waals surface area contributed by atoms with Crippen LogP contribution in [0.4, 0.5) is 4.79 Å². The van der Waals surface area contributed by atoms with E-state index in [4.69, 9.17) is 4.74 Å². The molecule has 2 atom stereocenters. The highest BCUT2D eigenvalue weighted by Crippen LogP contribution is 2.28. The molecule has 0 aromatic rings. The Morgan fingerprint density at radius 1 is 1.13 bits per heavy atom. The Morgan fingerprint density at radius 3 is 2.52 bits per heavy atom. The molecule has 1 amide bonds. The third-order valence-corrected chi connectivity index (χ3v) is 4.88. The van der Waals surface area contributed by atoms with Gasteiger partial charge in [0.15, 0.2) is 0 Å². The zero-order valence-electron chi connectivity index (χ0n) is 15.6. The second-order valence-electron chi connectivity index (χ2n) is 8.52. The Morgan fingerprint density at radius 2 is 1.87 bits per heavy atom. The number of nitrogens with one attached hydrogen (secondary N) is 1. The second kappa shape index (κ2) is 8.36. The van der Waals surface area contributed by atoms with Crippen LogP contribution in [0.2, 0.25) is 0 Å². The van der Waals surface area contributed by atoms with Crippen molar-refractivity contribution in [1.29, 1.82) is 0 Å². The van der Waals surface area contributed by atoms with E-state index in [0.29, 0.717) is 12.1 Å². The van der Waals surface area contributed by atoms with Gasteiger partial charge in [-0.1, -0.05) is 19.8 Å². The Balaban J connectivity index is 1.67. The average molecular weight is 325 g/mol. The number of carbonyl (C=O) groups excluding carboxylic acids is 1. The fourth-order valence-corrected chi connectivity index (χ4v) is 3.38. The van der Waals surface area contributed by atoms with E-state index < -0.39 is 5.60 Å². The summed E-state index contributed by atoms with van der Waals surface area (Å²) in [4.78, 5) is 14.2. The molecule has 0 aliphatic heterocycles. The molecular weight excluding hydrogens is 288 g/mol.